The van der Waals surface area contributed by atoms with Crippen LogP contribution in [0.1, 0.15) is 26.3 Å². The molecule has 0 spiro atoms. The first kappa shape index (κ1) is 16.2. The quantitative estimate of drug-likeness (QED) is 0.867. The minimum Gasteiger partial charge on any atom is -0.394 e. The van der Waals surface area contributed by atoms with E-state index in [1.165, 1.54) is 0 Å². The number of nitriles is 1. The zero-order valence-corrected chi connectivity index (χ0v) is 13.6. The summed E-state index contributed by atoms with van der Waals surface area (Å²) in [7, 11) is 0. The van der Waals surface area contributed by atoms with Gasteiger partial charge in [0.25, 0.3) is 0 Å². The van der Waals surface area contributed by atoms with Crippen LogP contribution in [0.15, 0.2) is 23.1 Å². The molecule has 5 heteroatoms. The molecule has 1 aliphatic rings. The Hall–Kier alpha value is -1.22. The minimum absolute atomic E-state index is 0.00871. The molecule has 1 atom stereocenters. The lowest BCUT2D eigenvalue weighted by atomic mass is 10.0. The van der Waals surface area contributed by atoms with Gasteiger partial charge in [-0.15, -0.1) is 11.8 Å². The molecule has 0 amide bonds. The van der Waals surface area contributed by atoms with Crippen LogP contribution in [-0.4, -0.2) is 42.3 Å². The van der Waals surface area contributed by atoms with Crippen molar-refractivity contribution in [2.45, 2.75) is 37.4 Å². The van der Waals surface area contributed by atoms with E-state index >= 15 is 0 Å². The van der Waals surface area contributed by atoms with Crippen LogP contribution < -0.4 is 4.90 Å². The maximum atomic E-state index is 9.54. The predicted molar refractivity (Wildman–Crippen MR) is 85.8 cm³/mol. The molecular formula is C16H22N2O2S. The average molecular weight is 306 g/mol. The Balaban J connectivity index is 2.36. The van der Waals surface area contributed by atoms with Gasteiger partial charge in [0.15, 0.2) is 0 Å². The van der Waals surface area contributed by atoms with Crippen molar-refractivity contribution < 1.29 is 9.84 Å². The van der Waals surface area contributed by atoms with Crippen molar-refractivity contribution in [3.63, 3.8) is 0 Å². The normalized spacial score (nSPS) is 21.1. The molecule has 0 aliphatic carbocycles. The number of hydrogen-bond donors (Lipinski definition) is 1. The highest BCUT2D eigenvalue weighted by Crippen LogP contribution is 2.33. The van der Waals surface area contributed by atoms with Gasteiger partial charge < -0.3 is 14.7 Å². The monoisotopic (exact) mass is 306 g/mol. The van der Waals surface area contributed by atoms with Crippen LogP contribution in [-0.2, 0) is 4.74 Å². The van der Waals surface area contributed by atoms with Gasteiger partial charge in [0, 0.05) is 18.0 Å². The van der Waals surface area contributed by atoms with Gasteiger partial charge in [0.1, 0.15) is 6.07 Å². The zero-order valence-electron chi connectivity index (χ0n) is 12.8. The van der Waals surface area contributed by atoms with E-state index < -0.39 is 0 Å². The van der Waals surface area contributed by atoms with Gasteiger partial charge in [-0.1, -0.05) is 13.0 Å². The smallest absolute Gasteiger partial charge is 0.103 e. The highest BCUT2D eigenvalue weighted by Gasteiger charge is 2.34. The summed E-state index contributed by atoms with van der Waals surface area (Å²) in [6.07, 6.45) is -0.220. The molecule has 2 rings (SSSR count). The lowest BCUT2D eigenvalue weighted by Crippen LogP contribution is -2.54. The second-order valence-corrected chi connectivity index (χ2v) is 7.06. The second-order valence-electron chi connectivity index (χ2n) is 5.76. The topological polar surface area (TPSA) is 56.5 Å². The zero-order chi connectivity index (χ0) is 15.5. The molecular weight excluding hydrogens is 284 g/mol. The number of rotatable bonds is 4. The Morgan fingerprint density at radius 1 is 1.52 bits per heavy atom. The highest BCUT2D eigenvalue weighted by atomic mass is 32.2. The molecule has 1 saturated heterocycles. The van der Waals surface area contributed by atoms with Crippen molar-refractivity contribution in [2.75, 3.05) is 30.3 Å². The van der Waals surface area contributed by atoms with Gasteiger partial charge in [-0.05, 0) is 31.7 Å². The summed E-state index contributed by atoms with van der Waals surface area (Å²) < 4.78 is 5.85. The van der Waals surface area contributed by atoms with Crippen molar-refractivity contribution in [1.29, 1.82) is 5.26 Å². The summed E-state index contributed by atoms with van der Waals surface area (Å²) in [4.78, 5) is 3.17. The van der Waals surface area contributed by atoms with Crippen LogP contribution in [0.3, 0.4) is 0 Å². The molecule has 1 fully saturated rings. The lowest BCUT2D eigenvalue weighted by molar-refractivity contribution is -0.101. The van der Waals surface area contributed by atoms with E-state index in [0.717, 1.165) is 21.9 Å². The Kier molecular flexibility index (Phi) is 5.15. The van der Waals surface area contributed by atoms with E-state index in [9.17, 15) is 10.4 Å². The first-order valence-electron chi connectivity index (χ1n) is 7.20. The molecule has 1 aliphatic heterocycles. The first-order valence-corrected chi connectivity index (χ1v) is 8.19. The molecule has 1 unspecified atom stereocenters. The number of thioether (sulfide) groups is 1. The number of ether oxygens (including phenoxy) is 1. The Bertz CT molecular complexity index is 540. The molecule has 1 aromatic carbocycles. The Morgan fingerprint density at radius 2 is 2.29 bits per heavy atom. The van der Waals surface area contributed by atoms with Crippen LogP contribution in [0.5, 0.6) is 0 Å². The molecule has 1 aromatic rings. The van der Waals surface area contributed by atoms with Crippen LogP contribution >= 0.6 is 11.8 Å². The number of aliphatic hydroxyl groups excluding tert-OH is 1. The van der Waals surface area contributed by atoms with Crippen molar-refractivity contribution in [1.82, 2.24) is 0 Å². The number of aliphatic hydroxyl groups is 1. The summed E-state index contributed by atoms with van der Waals surface area (Å²) in [6.45, 7) is 7.41. The fourth-order valence-electron chi connectivity index (χ4n) is 2.75. The van der Waals surface area contributed by atoms with Crippen molar-refractivity contribution in [3.05, 3.63) is 23.8 Å². The fraction of sp³-hybridized carbons (Fsp3) is 0.562. The number of morpholine rings is 1. The Morgan fingerprint density at radius 3 is 2.90 bits per heavy atom. The molecule has 21 heavy (non-hydrogen) atoms. The van der Waals surface area contributed by atoms with Crippen molar-refractivity contribution in [2.24, 2.45) is 0 Å². The summed E-state index contributed by atoms with van der Waals surface area (Å²) in [5, 5.41) is 19.0. The van der Waals surface area contributed by atoms with Gasteiger partial charge in [-0.3, -0.25) is 0 Å². The summed E-state index contributed by atoms with van der Waals surface area (Å²) >= 11 is 1.68. The Labute approximate surface area is 130 Å². The molecule has 1 N–H and O–H groups in total. The third-order valence-corrected chi connectivity index (χ3v) is 4.38. The van der Waals surface area contributed by atoms with Crippen LogP contribution in [0.2, 0.25) is 0 Å². The number of anilines is 1. The van der Waals surface area contributed by atoms with Gasteiger partial charge in [-0.25, -0.2) is 0 Å². The van der Waals surface area contributed by atoms with E-state index in [0.29, 0.717) is 13.1 Å². The number of hydrogen-bond acceptors (Lipinski definition) is 5. The summed E-state index contributed by atoms with van der Waals surface area (Å²) in [5.41, 5.74) is 1.32. The third kappa shape index (κ3) is 3.70. The predicted octanol–water partition coefficient (Wildman–Crippen LogP) is 2.65. The molecule has 0 bridgehead atoms. The van der Waals surface area contributed by atoms with E-state index in [1.807, 2.05) is 32.0 Å². The first-order chi connectivity index (χ1) is 10.0. The molecule has 0 saturated carbocycles. The standard InChI is InChI=1S/C16H22N2O2S/c1-4-21-15-7-5-6-14(13(15)8-17)18-9-12(10-19)20-16(2,3)11-18/h5-7,12,19H,4,9-11H2,1-3H3. The van der Waals surface area contributed by atoms with Gasteiger partial charge >= 0.3 is 0 Å². The SMILES string of the molecule is CCSc1cccc(N2CC(CO)OC(C)(C)C2)c1C#N. The van der Waals surface area contributed by atoms with Crippen molar-refractivity contribution in [3.8, 4) is 6.07 Å². The van der Waals surface area contributed by atoms with E-state index in [-0.39, 0.29) is 18.3 Å². The minimum atomic E-state index is -0.341. The maximum absolute atomic E-state index is 9.54. The molecule has 1 heterocycles. The largest absolute Gasteiger partial charge is 0.394 e. The lowest BCUT2D eigenvalue weighted by Gasteiger charge is -2.43. The van der Waals surface area contributed by atoms with Crippen molar-refractivity contribution >= 4 is 17.4 Å². The van der Waals surface area contributed by atoms with E-state index in [2.05, 4.69) is 17.9 Å². The number of nitrogens with zero attached hydrogens (tertiary/aromatic N) is 2. The molecule has 0 aromatic heterocycles. The van der Waals surface area contributed by atoms with Crippen LogP contribution in [0, 0.1) is 11.3 Å². The molecule has 114 valence electrons. The van der Waals surface area contributed by atoms with Crippen LogP contribution in [0.4, 0.5) is 5.69 Å². The summed E-state index contributed by atoms with van der Waals surface area (Å²) in [6, 6.07) is 8.30. The average Bonchev–Trinajstić information content (AvgIpc) is 2.45. The molecule has 4 nitrogen and oxygen atoms in total. The maximum Gasteiger partial charge on any atom is 0.103 e. The highest BCUT2D eigenvalue weighted by molar-refractivity contribution is 7.99. The van der Waals surface area contributed by atoms with Gasteiger partial charge in [0.05, 0.1) is 29.6 Å². The van der Waals surface area contributed by atoms with Gasteiger partial charge in [-0.2, -0.15) is 5.26 Å². The number of benzene rings is 1. The van der Waals surface area contributed by atoms with E-state index in [1.54, 1.807) is 11.8 Å². The second kappa shape index (κ2) is 6.69. The fourth-order valence-corrected chi connectivity index (χ4v) is 3.53. The van der Waals surface area contributed by atoms with Crippen LogP contribution in [0.25, 0.3) is 0 Å². The van der Waals surface area contributed by atoms with E-state index in [4.69, 9.17) is 4.74 Å². The van der Waals surface area contributed by atoms with Gasteiger partial charge in [0.2, 0.25) is 0 Å². The molecule has 0 radical (unpaired) electrons. The third-order valence-electron chi connectivity index (χ3n) is 3.44. The summed E-state index contributed by atoms with van der Waals surface area (Å²) in [5.74, 6) is 0.937.